The molecule has 14 nitrogen and oxygen atoms in total. The molecule has 2 fully saturated rings. The summed E-state index contributed by atoms with van der Waals surface area (Å²) in [5.41, 5.74) is 4.11. The second-order valence-electron chi connectivity index (χ2n) is 14.5. The zero-order chi connectivity index (χ0) is 38.1. The molecule has 0 radical (unpaired) electrons. The molecule has 2 aliphatic heterocycles. The zero-order valence-electron chi connectivity index (χ0n) is 32.1. The van der Waals surface area contributed by atoms with Crippen LogP contribution in [-0.4, -0.2) is 136 Å². The summed E-state index contributed by atoms with van der Waals surface area (Å²) < 4.78 is 28.0. The topological polar surface area (TPSA) is 170 Å². The van der Waals surface area contributed by atoms with E-state index in [1.165, 1.54) is 4.90 Å². The lowest BCUT2D eigenvalue weighted by molar-refractivity contribution is -0.144. The molecule has 4 rings (SSSR count). The number of benzene rings is 1. The fourth-order valence-corrected chi connectivity index (χ4v) is 6.99. The van der Waals surface area contributed by atoms with E-state index < -0.39 is 29.5 Å². The molecule has 4 N–H and O–H groups in total. The SMILES string of the molecule is Cc1ncsc1-c1ccc(CNC(=O)[C@@H]2C[C@@H](O)CN2C(=O)[C@@H](NC(=O)CCOCCOCCOCCOCCOC2CCNCC2)C(C)(C)C)cc1.Cl. The molecule has 1 aromatic carbocycles. The van der Waals surface area contributed by atoms with Gasteiger partial charge in [0.15, 0.2) is 0 Å². The molecule has 2 saturated heterocycles. The Morgan fingerprint density at radius 2 is 1.54 bits per heavy atom. The van der Waals surface area contributed by atoms with Crippen molar-refractivity contribution in [3.63, 3.8) is 0 Å². The van der Waals surface area contributed by atoms with Gasteiger partial charge in [-0.05, 0) is 49.4 Å². The van der Waals surface area contributed by atoms with Crippen molar-refractivity contribution in [2.24, 2.45) is 5.41 Å². The molecule has 54 heavy (non-hydrogen) atoms. The Labute approximate surface area is 329 Å². The number of amides is 3. The molecule has 3 atom stereocenters. The van der Waals surface area contributed by atoms with Crippen LogP contribution < -0.4 is 16.0 Å². The van der Waals surface area contributed by atoms with E-state index in [1.807, 2.05) is 57.5 Å². The summed E-state index contributed by atoms with van der Waals surface area (Å²) in [5, 5.41) is 19.6. The van der Waals surface area contributed by atoms with Crippen molar-refractivity contribution in [2.45, 2.75) is 84.2 Å². The van der Waals surface area contributed by atoms with Gasteiger partial charge < -0.3 is 49.6 Å². The third kappa shape index (κ3) is 15.4. The molecule has 16 heteroatoms. The minimum absolute atomic E-state index is 0. The summed E-state index contributed by atoms with van der Waals surface area (Å²) in [6, 6.07) is 6.14. The standard InChI is InChI=1S/C38H59N5O9S.ClH/c1-27-34(53-26-41-27)29-7-5-28(6-8-29)24-40-36(46)32-23-30(44)25-43(32)37(47)35(38(2,3)4)42-33(45)11-14-48-15-16-49-17-18-50-19-20-51-21-22-52-31-9-12-39-13-10-31;/h5-8,26,30-32,35,39,44H,9-25H2,1-4H3,(H,40,46)(H,42,45);1H/t30-,32+,35-;/m1./s1. The Morgan fingerprint density at radius 1 is 0.944 bits per heavy atom. The first-order valence-corrected chi connectivity index (χ1v) is 19.6. The first kappa shape index (κ1) is 45.7. The summed E-state index contributed by atoms with van der Waals surface area (Å²) in [4.78, 5) is 46.9. The predicted molar refractivity (Wildman–Crippen MR) is 209 cm³/mol. The van der Waals surface area contributed by atoms with Gasteiger partial charge in [-0.1, -0.05) is 45.0 Å². The van der Waals surface area contributed by atoms with Gasteiger partial charge >= 0.3 is 0 Å². The van der Waals surface area contributed by atoms with Crippen LogP contribution >= 0.6 is 23.7 Å². The predicted octanol–water partition coefficient (Wildman–Crippen LogP) is 2.87. The Balaban J connectivity index is 0.00000784. The number of carbonyl (C=O) groups excluding carboxylic acids is 3. The molecular formula is C38H60ClN5O9S. The number of aryl methyl sites for hydroxylation is 1. The Hall–Kier alpha value is -2.73. The van der Waals surface area contributed by atoms with Crippen LogP contribution in [0.1, 0.15) is 57.7 Å². The summed E-state index contributed by atoms with van der Waals surface area (Å²) in [6.45, 7) is 13.7. The monoisotopic (exact) mass is 797 g/mol. The number of aliphatic hydroxyl groups is 1. The average Bonchev–Trinajstić information content (AvgIpc) is 3.76. The number of piperidine rings is 1. The average molecular weight is 798 g/mol. The second kappa shape index (κ2) is 24.0. The van der Waals surface area contributed by atoms with Gasteiger partial charge in [0.25, 0.3) is 0 Å². The van der Waals surface area contributed by atoms with Crippen molar-refractivity contribution < 1.29 is 43.2 Å². The van der Waals surface area contributed by atoms with Crippen LogP contribution in [0.4, 0.5) is 0 Å². The van der Waals surface area contributed by atoms with Crippen molar-refractivity contribution >= 4 is 41.5 Å². The molecule has 3 heterocycles. The highest BCUT2D eigenvalue weighted by Gasteiger charge is 2.44. The smallest absolute Gasteiger partial charge is 0.246 e. The van der Waals surface area contributed by atoms with Crippen LogP contribution in [0.2, 0.25) is 0 Å². The summed E-state index contributed by atoms with van der Waals surface area (Å²) in [7, 11) is 0. The third-order valence-electron chi connectivity index (χ3n) is 9.17. The van der Waals surface area contributed by atoms with E-state index in [4.69, 9.17) is 23.7 Å². The lowest BCUT2D eigenvalue weighted by Gasteiger charge is -2.35. The van der Waals surface area contributed by atoms with Crippen LogP contribution in [0.15, 0.2) is 29.8 Å². The van der Waals surface area contributed by atoms with E-state index in [0.29, 0.717) is 59.0 Å². The molecule has 0 bridgehead atoms. The number of aliphatic hydroxyl groups excluding tert-OH is 1. The summed E-state index contributed by atoms with van der Waals surface area (Å²) >= 11 is 1.58. The third-order valence-corrected chi connectivity index (χ3v) is 10.1. The molecule has 0 spiro atoms. The quantitative estimate of drug-likeness (QED) is 0.129. The van der Waals surface area contributed by atoms with Crippen LogP contribution in [0.5, 0.6) is 0 Å². The van der Waals surface area contributed by atoms with Gasteiger partial charge in [-0.25, -0.2) is 4.98 Å². The maximum absolute atomic E-state index is 13.8. The molecule has 0 unspecified atom stereocenters. The molecule has 2 aromatic rings. The minimum Gasteiger partial charge on any atom is -0.391 e. The zero-order valence-corrected chi connectivity index (χ0v) is 33.8. The van der Waals surface area contributed by atoms with Gasteiger partial charge in [0, 0.05) is 25.9 Å². The van der Waals surface area contributed by atoms with Crippen molar-refractivity contribution in [1.29, 1.82) is 0 Å². The largest absolute Gasteiger partial charge is 0.391 e. The number of nitrogens with one attached hydrogen (secondary N) is 3. The van der Waals surface area contributed by atoms with Gasteiger partial charge in [-0.2, -0.15) is 0 Å². The lowest BCUT2D eigenvalue weighted by atomic mass is 9.85. The lowest BCUT2D eigenvalue weighted by Crippen LogP contribution is -2.57. The van der Waals surface area contributed by atoms with Gasteiger partial charge in [-0.3, -0.25) is 14.4 Å². The number of ether oxygens (including phenoxy) is 5. The van der Waals surface area contributed by atoms with Gasteiger partial charge in [0.05, 0.1) is 87.8 Å². The van der Waals surface area contributed by atoms with Gasteiger partial charge in [0.1, 0.15) is 12.1 Å². The number of halogens is 1. The minimum atomic E-state index is -0.903. The van der Waals surface area contributed by atoms with Gasteiger partial charge in [0.2, 0.25) is 17.7 Å². The number of likely N-dealkylation sites (tertiary alicyclic amines) is 1. The number of thiazole rings is 1. The highest BCUT2D eigenvalue weighted by Crippen LogP contribution is 2.28. The normalized spacial score (nSPS) is 18.3. The fourth-order valence-electron chi connectivity index (χ4n) is 6.18. The molecular weight excluding hydrogens is 738 g/mol. The Morgan fingerprint density at radius 3 is 2.11 bits per heavy atom. The van der Waals surface area contributed by atoms with E-state index in [2.05, 4.69) is 20.9 Å². The van der Waals surface area contributed by atoms with Crippen molar-refractivity contribution in [3.8, 4) is 10.4 Å². The van der Waals surface area contributed by atoms with Crippen molar-refractivity contribution in [3.05, 3.63) is 41.0 Å². The molecule has 2 aliphatic rings. The van der Waals surface area contributed by atoms with Crippen molar-refractivity contribution in [1.82, 2.24) is 25.8 Å². The first-order valence-electron chi connectivity index (χ1n) is 18.7. The highest BCUT2D eigenvalue weighted by molar-refractivity contribution is 7.13. The van der Waals surface area contributed by atoms with E-state index >= 15 is 0 Å². The van der Waals surface area contributed by atoms with Crippen LogP contribution in [0.3, 0.4) is 0 Å². The van der Waals surface area contributed by atoms with Crippen LogP contribution in [0.25, 0.3) is 10.4 Å². The number of nitrogens with zero attached hydrogens (tertiary/aromatic N) is 2. The fraction of sp³-hybridized carbons (Fsp3) is 0.684. The molecule has 1 aromatic heterocycles. The Kier molecular flexibility index (Phi) is 20.3. The first-order chi connectivity index (χ1) is 25.5. The Bertz CT molecular complexity index is 1400. The number of carbonyl (C=O) groups is 3. The summed E-state index contributed by atoms with van der Waals surface area (Å²) in [6.07, 6.45) is 1.76. The van der Waals surface area contributed by atoms with Crippen LogP contribution in [-0.2, 0) is 44.6 Å². The number of hydrogen-bond acceptors (Lipinski definition) is 12. The van der Waals surface area contributed by atoms with E-state index in [-0.39, 0.29) is 56.8 Å². The number of β-amino-alcohol motifs (C(OH)–C–C–N with tert-alkyl or cyclic N) is 1. The van der Waals surface area contributed by atoms with E-state index in [9.17, 15) is 19.5 Å². The number of rotatable bonds is 22. The van der Waals surface area contributed by atoms with Crippen LogP contribution in [0, 0.1) is 12.3 Å². The molecule has 0 saturated carbocycles. The molecule has 0 aliphatic carbocycles. The number of hydrogen-bond donors (Lipinski definition) is 4. The van der Waals surface area contributed by atoms with Gasteiger partial charge in [-0.15, -0.1) is 23.7 Å². The summed E-state index contributed by atoms with van der Waals surface area (Å²) in [5.74, 6) is -1.10. The highest BCUT2D eigenvalue weighted by atomic mass is 35.5. The van der Waals surface area contributed by atoms with E-state index in [1.54, 1.807) is 11.3 Å². The van der Waals surface area contributed by atoms with E-state index in [0.717, 1.165) is 47.6 Å². The number of aromatic nitrogens is 1. The maximum Gasteiger partial charge on any atom is 0.246 e. The molecule has 3 amide bonds. The molecule has 304 valence electrons. The van der Waals surface area contributed by atoms with Crippen molar-refractivity contribution in [2.75, 3.05) is 79.1 Å². The second-order valence-corrected chi connectivity index (χ2v) is 15.3. The maximum atomic E-state index is 13.8.